The Labute approximate surface area is 175 Å². The highest BCUT2D eigenvalue weighted by molar-refractivity contribution is 6.46. The maximum atomic E-state index is 12.9. The van der Waals surface area contributed by atoms with Crippen LogP contribution < -0.4 is 0 Å². The van der Waals surface area contributed by atoms with Gasteiger partial charge in [0.25, 0.3) is 11.7 Å². The third-order valence-corrected chi connectivity index (χ3v) is 5.53. The van der Waals surface area contributed by atoms with Crippen LogP contribution in [-0.2, 0) is 9.59 Å². The molecular weight excluding hydrogens is 390 g/mol. The molecule has 0 saturated carbocycles. The van der Waals surface area contributed by atoms with E-state index in [1.165, 1.54) is 17.0 Å². The molecule has 0 radical (unpaired) electrons. The average molecular weight is 414 g/mol. The summed E-state index contributed by atoms with van der Waals surface area (Å²) in [4.78, 5) is 27.2. The SMILES string of the molecule is CCCCN1C(=O)C(=O)/C(=C(/O)c2cc(C)ccc2C)C1c1ccc(O)c(Cl)c1. The minimum Gasteiger partial charge on any atom is -0.507 e. The second-order valence-electron chi connectivity index (χ2n) is 7.38. The van der Waals surface area contributed by atoms with Crippen molar-refractivity contribution < 1.29 is 19.8 Å². The Hall–Kier alpha value is -2.79. The van der Waals surface area contributed by atoms with Crippen LogP contribution >= 0.6 is 11.6 Å². The number of aliphatic hydroxyl groups is 1. The number of nitrogens with zero attached hydrogens (tertiary/aromatic N) is 1. The summed E-state index contributed by atoms with van der Waals surface area (Å²) >= 11 is 6.09. The smallest absolute Gasteiger partial charge is 0.295 e. The van der Waals surface area contributed by atoms with Gasteiger partial charge in [-0.3, -0.25) is 9.59 Å². The maximum absolute atomic E-state index is 12.9. The number of rotatable bonds is 5. The van der Waals surface area contributed by atoms with E-state index in [2.05, 4.69) is 0 Å². The molecule has 1 unspecified atom stereocenters. The molecule has 1 saturated heterocycles. The van der Waals surface area contributed by atoms with Gasteiger partial charge in [-0.05, 0) is 49.6 Å². The Bertz CT molecular complexity index is 1010. The molecule has 0 bridgehead atoms. The number of aromatic hydroxyl groups is 1. The van der Waals surface area contributed by atoms with E-state index in [1.54, 1.807) is 12.1 Å². The van der Waals surface area contributed by atoms with Crippen molar-refractivity contribution in [3.8, 4) is 5.75 Å². The van der Waals surface area contributed by atoms with Crippen molar-refractivity contribution in [1.82, 2.24) is 4.90 Å². The lowest BCUT2D eigenvalue weighted by atomic mass is 9.93. The molecule has 1 atom stereocenters. The highest BCUT2D eigenvalue weighted by Crippen LogP contribution is 2.41. The van der Waals surface area contributed by atoms with Crippen LogP contribution in [0.5, 0.6) is 5.75 Å². The number of hydrogen-bond donors (Lipinski definition) is 2. The summed E-state index contributed by atoms with van der Waals surface area (Å²) in [5, 5.41) is 21.0. The Kier molecular flexibility index (Phi) is 5.99. The number of unbranched alkanes of at least 4 members (excludes halogenated alkanes) is 1. The molecule has 5 nitrogen and oxygen atoms in total. The van der Waals surface area contributed by atoms with Crippen molar-refractivity contribution in [3.05, 3.63) is 69.2 Å². The monoisotopic (exact) mass is 413 g/mol. The average Bonchev–Trinajstić information content (AvgIpc) is 2.94. The molecule has 3 rings (SSSR count). The van der Waals surface area contributed by atoms with E-state index in [-0.39, 0.29) is 22.1 Å². The van der Waals surface area contributed by atoms with Crippen LogP contribution in [0.25, 0.3) is 5.76 Å². The van der Waals surface area contributed by atoms with Gasteiger partial charge in [-0.15, -0.1) is 0 Å². The van der Waals surface area contributed by atoms with Gasteiger partial charge < -0.3 is 15.1 Å². The Morgan fingerprint density at radius 3 is 2.52 bits per heavy atom. The van der Waals surface area contributed by atoms with Gasteiger partial charge >= 0.3 is 0 Å². The summed E-state index contributed by atoms with van der Waals surface area (Å²) in [6.45, 7) is 6.12. The lowest BCUT2D eigenvalue weighted by Gasteiger charge is -2.25. The van der Waals surface area contributed by atoms with Crippen LogP contribution in [0.4, 0.5) is 0 Å². The first-order chi connectivity index (χ1) is 13.8. The van der Waals surface area contributed by atoms with Crippen molar-refractivity contribution in [3.63, 3.8) is 0 Å². The predicted octanol–water partition coefficient (Wildman–Crippen LogP) is 4.88. The number of aliphatic hydroxyl groups excluding tert-OH is 1. The number of likely N-dealkylation sites (tertiary alicyclic amines) is 1. The Morgan fingerprint density at radius 1 is 1.14 bits per heavy atom. The number of benzene rings is 2. The summed E-state index contributed by atoms with van der Waals surface area (Å²) in [6.07, 6.45) is 1.57. The summed E-state index contributed by atoms with van der Waals surface area (Å²) in [6, 6.07) is 9.39. The summed E-state index contributed by atoms with van der Waals surface area (Å²) in [7, 11) is 0. The number of hydrogen-bond acceptors (Lipinski definition) is 4. The molecule has 29 heavy (non-hydrogen) atoms. The van der Waals surface area contributed by atoms with Crippen molar-refractivity contribution in [2.24, 2.45) is 0 Å². The molecule has 1 aliphatic heterocycles. The standard InChI is InChI=1S/C23H24ClNO4/c1-4-5-10-25-20(15-8-9-18(26)17(24)12-15)19(22(28)23(25)29)21(27)16-11-13(2)6-7-14(16)3/h6-9,11-12,20,26-27H,4-5,10H2,1-3H3/b21-19+. The summed E-state index contributed by atoms with van der Waals surface area (Å²) in [5.74, 6) is -1.64. The largest absolute Gasteiger partial charge is 0.507 e. The molecule has 0 spiro atoms. The minimum atomic E-state index is -0.764. The predicted molar refractivity (Wildman–Crippen MR) is 113 cm³/mol. The zero-order valence-corrected chi connectivity index (χ0v) is 17.5. The molecule has 1 amide bonds. The van der Waals surface area contributed by atoms with E-state index in [4.69, 9.17) is 11.6 Å². The molecule has 2 aromatic rings. The van der Waals surface area contributed by atoms with E-state index in [0.29, 0.717) is 17.7 Å². The van der Waals surface area contributed by atoms with Gasteiger partial charge in [-0.25, -0.2) is 0 Å². The van der Waals surface area contributed by atoms with Crippen LogP contribution in [-0.4, -0.2) is 33.3 Å². The lowest BCUT2D eigenvalue weighted by Crippen LogP contribution is -2.30. The fourth-order valence-electron chi connectivity index (χ4n) is 3.61. The lowest BCUT2D eigenvalue weighted by molar-refractivity contribution is -0.139. The minimum absolute atomic E-state index is 0.0431. The third-order valence-electron chi connectivity index (χ3n) is 5.23. The van der Waals surface area contributed by atoms with Crippen LogP contribution in [0.3, 0.4) is 0 Å². The highest BCUT2D eigenvalue weighted by Gasteiger charge is 2.46. The van der Waals surface area contributed by atoms with Crippen LogP contribution in [0.15, 0.2) is 42.0 Å². The fraction of sp³-hybridized carbons (Fsp3) is 0.304. The molecule has 2 N–H and O–H groups in total. The Morgan fingerprint density at radius 2 is 1.86 bits per heavy atom. The second-order valence-corrected chi connectivity index (χ2v) is 7.78. The molecule has 6 heteroatoms. The first-order valence-corrected chi connectivity index (χ1v) is 9.98. The summed E-state index contributed by atoms with van der Waals surface area (Å²) < 4.78 is 0. The van der Waals surface area contributed by atoms with E-state index < -0.39 is 17.7 Å². The highest BCUT2D eigenvalue weighted by atomic mass is 35.5. The van der Waals surface area contributed by atoms with E-state index in [0.717, 1.165) is 24.0 Å². The molecule has 0 aromatic heterocycles. The third kappa shape index (κ3) is 3.87. The van der Waals surface area contributed by atoms with Gasteiger partial charge in [0.1, 0.15) is 11.5 Å². The topological polar surface area (TPSA) is 77.8 Å². The van der Waals surface area contributed by atoms with Gasteiger partial charge in [-0.1, -0.05) is 48.7 Å². The zero-order valence-electron chi connectivity index (χ0n) is 16.7. The van der Waals surface area contributed by atoms with Crippen LogP contribution in [0.1, 0.15) is 48.1 Å². The molecule has 1 fully saturated rings. The fourth-order valence-corrected chi connectivity index (χ4v) is 3.80. The summed E-state index contributed by atoms with van der Waals surface area (Å²) in [5.41, 5.74) is 2.86. The van der Waals surface area contributed by atoms with Gasteiger partial charge in [0.15, 0.2) is 0 Å². The van der Waals surface area contributed by atoms with Crippen molar-refractivity contribution >= 4 is 29.1 Å². The number of halogens is 1. The first-order valence-electron chi connectivity index (χ1n) is 9.60. The number of Topliss-reactive ketones (excluding diaryl/α,β-unsaturated/α-hetero) is 1. The number of ketones is 1. The quantitative estimate of drug-likeness (QED) is 0.416. The number of phenolic OH excluding ortho intramolecular Hbond substituents is 1. The van der Waals surface area contributed by atoms with Crippen molar-refractivity contribution in [2.45, 2.75) is 39.7 Å². The molecule has 1 heterocycles. The number of phenols is 1. The Balaban J connectivity index is 2.23. The van der Waals surface area contributed by atoms with Gasteiger partial charge in [0.05, 0.1) is 16.6 Å². The van der Waals surface area contributed by atoms with Gasteiger partial charge in [-0.2, -0.15) is 0 Å². The molecule has 0 aliphatic carbocycles. The second kappa shape index (κ2) is 8.29. The zero-order chi connectivity index (χ0) is 21.3. The van der Waals surface area contributed by atoms with E-state index >= 15 is 0 Å². The maximum Gasteiger partial charge on any atom is 0.295 e. The van der Waals surface area contributed by atoms with Crippen LogP contribution in [0.2, 0.25) is 5.02 Å². The number of carbonyl (C=O) groups excluding carboxylic acids is 2. The van der Waals surface area contributed by atoms with Gasteiger partial charge in [0.2, 0.25) is 0 Å². The molecular formula is C23H24ClNO4. The van der Waals surface area contributed by atoms with Crippen molar-refractivity contribution in [2.75, 3.05) is 6.54 Å². The molecule has 2 aromatic carbocycles. The van der Waals surface area contributed by atoms with E-state index in [9.17, 15) is 19.8 Å². The molecule has 152 valence electrons. The number of amides is 1. The molecule has 1 aliphatic rings. The van der Waals surface area contributed by atoms with Crippen LogP contribution in [0, 0.1) is 13.8 Å². The number of aryl methyl sites for hydroxylation is 2. The van der Waals surface area contributed by atoms with Gasteiger partial charge in [0, 0.05) is 12.1 Å². The normalized spacial score (nSPS) is 18.5. The van der Waals surface area contributed by atoms with E-state index in [1.807, 2.05) is 32.9 Å². The first kappa shape index (κ1) is 20.9. The number of carbonyl (C=O) groups is 2. The van der Waals surface area contributed by atoms with Crippen molar-refractivity contribution in [1.29, 1.82) is 0 Å².